The van der Waals surface area contributed by atoms with Crippen LogP contribution < -0.4 is 4.74 Å². The summed E-state index contributed by atoms with van der Waals surface area (Å²) in [5.74, 6) is 0.881. The van der Waals surface area contributed by atoms with E-state index in [0.717, 1.165) is 11.3 Å². The molecule has 0 aromatic heterocycles. The van der Waals surface area contributed by atoms with E-state index in [2.05, 4.69) is 5.73 Å². The van der Waals surface area contributed by atoms with Crippen molar-refractivity contribution >= 4 is 6.08 Å². The molecule has 0 radical (unpaired) electrons. The predicted octanol–water partition coefficient (Wildman–Crippen LogP) is 2.88. The monoisotopic (exact) mass is 160 g/mol. The van der Waals surface area contributed by atoms with E-state index in [-0.39, 0.29) is 0 Å². The fourth-order valence-electron chi connectivity index (χ4n) is 0.959. The van der Waals surface area contributed by atoms with E-state index in [4.69, 9.17) is 4.74 Å². The van der Waals surface area contributed by atoms with Crippen LogP contribution in [0.2, 0.25) is 0 Å². The number of methoxy groups -OCH3 is 1. The zero-order valence-corrected chi connectivity index (χ0v) is 7.37. The zero-order chi connectivity index (χ0) is 8.81. The smallest absolute Gasteiger partial charge is 0.126 e. The average Bonchev–Trinajstić information content (AvgIpc) is 2.15. The van der Waals surface area contributed by atoms with E-state index in [1.165, 1.54) is 0 Å². The van der Waals surface area contributed by atoms with E-state index in [1.807, 2.05) is 43.3 Å². The molecule has 0 saturated heterocycles. The number of ether oxygens (including phenoxy) is 1. The average molecular weight is 160 g/mol. The van der Waals surface area contributed by atoms with Gasteiger partial charge in [0.05, 0.1) is 7.11 Å². The van der Waals surface area contributed by atoms with E-state index in [1.54, 1.807) is 7.11 Å². The Bertz CT molecular complexity index is 307. The summed E-state index contributed by atoms with van der Waals surface area (Å²) in [4.78, 5) is 0. The van der Waals surface area contributed by atoms with E-state index in [0.29, 0.717) is 0 Å². The van der Waals surface area contributed by atoms with Gasteiger partial charge < -0.3 is 4.74 Å². The molecule has 0 aliphatic rings. The van der Waals surface area contributed by atoms with Gasteiger partial charge in [0.2, 0.25) is 0 Å². The zero-order valence-electron chi connectivity index (χ0n) is 7.37. The standard InChI is InChI=1S/C11H12O/c1-3-4-7-10-8-5-6-9-11(10)12-2/h3,5-9H,1-2H3. The molecule has 1 nitrogen and oxygen atoms in total. The van der Waals surface area contributed by atoms with Gasteiger partial charge in [-0.15, -0.1) is 5.73 Å². The summed E-state index contributed by atoms with van der Waals surface area (Å²) in [5.41, 5.74) is 4.06. The summed E-state index contributed by atoms with van der Waals surface area (Å²) in [7, 11) is 1.67. The predicted molar refractivity (Wildman–Crippen MR) is 51.2 cm³/mol. The normalized spacial score (nSPS) is 8.50. The SMILES string of the molecule is CC=C=Cc1ccccc1OC. The van der Waals surface area contributed by atoms with Gasteiger partial charge in [0, 0.05) is 5.56 Å². The molecule has 1 heteroatoms. The van der Waals surface area contributed by atoms with Crippen molar-refractivity contribution in [3.63, 3.8) is 0 Å². The highest BCUT2D eigenvalue weighted by molar-refractivity contribution is 5.56. The van der Waals surface area contributed by atoms with Gasteiger partial charge in [0.15, 0.2) is 0 Å². The summed E-state index contributed by atoms with van der Waals surface area (Å²) in [6.07, 6.45) is 3.77. The van der Waals surface area contributed by atoms with Crippen molar-refractivity contribution in [3.8, 4) is 5.75 Å². The maximum absolute atomic E-state index is 5.16. The van der Waals surface area contributed by atoms with Crippen molar-refractivity contribution in [2.24, 2.45) is 0 Å². The van der Waals surface area contributed by atoms with Crippen LogP contribution in [0.1, 0.15) is 12.5 Å². The second kappa shape index (κ2) is 4.42. The number of benzene rings is 1. The van der Waals surface area contributed by atoms with Crippen molar-refractivity contribution < 1.29 is 4.74 Å². The van der Waals surface area contributed by atoms with Crippen molar-refractivity contribution in [1.29, 1.82) is 0 Å². The van der Waals surface area contributed by atoms with Crippen LogP contribution in [0.25, 0.3) is 6.08 Å². The van der Waals surface area contributed by atoms with Gasteiger partial charge in [0.25, 0.3) is 0 Å². The molecule has 62 valence electrons. The first-order valence-corrected chi connectivity index (χ1v) is 3.88. The van der Waals surface area contributed by atoms with Crippen LogP contribution in [0.3, 0.4) is 0 Å². The molecule has 0 aliphatic heterocycles. The molecule has 0 fully saturated rings. The Balaban J connectivity index is 3.05. The van der Waals surface area contributed by atoms with Crippen LogP contribution in [-0.2, 0) is 0 Å². The first-order valence-electron chi connectivity index (χ1n) is 3.88. The molecule has 0 bridgehead atoms. The minimum Gasteiger partial charge on any atom is -0.496 e. The maximum Gasteiger partial charge on any atom is 0.126 e. The second-order valence-electron chi connectivity index (χ2n) is 2.34. The lowest BCUT2D eigenvalue weighted by atomic mass is 10.2. The lowest BCUT2D eigenvalue weighted by Crippen LogP contribution is -1.84. The topological polar surface area (TPSA) is 9.23 Å². The van der Waals surface area contributed by atoms with E-state index >= 15 is 0 Å². The number of hydrogen-bond donors (Lipinski definition) is 0. The number of hydrogen-bond acceptors (Lipinski definition) is 1. The fraction of sp³-hybridized carbons (Fsp3) is 0.182. The summed E-state index contributed by atoms with van der Waals surface area (Å²) in [6.45, 7) is 1.94. The molecule has 1 rings (SSSR count). The first-order chi connectivity index (χ1) is 5.88. The first kappa shape index (κ1) is 8.63. The third-order valence-corrected chi connectivity index (χ3v) is 1.54. The Morgan fingerprint density at radius 3 is 2.75 bits per heavy atom. The van der Waals surface area contributed by atoms with Crippen LogP contribution in [-0.4, -0.2) is 7.11 Å². The lowest BCUT2D eigenvalue weighted by Gasteiger charge is -2.01. The molecule has 12 heavy (non-hydrogen) atoms. The highest BCUT2D eigenvalue weighted by Crippen LogP contribution is 2.17. The third kappa shape index (κ3) is 2.01. The van der Waals surface area contributed by atoms with Gasteiger partial charge in [0.1, 0.15) is 5.75 Å². The maximum atomic E-state index is 5.16. The lowest BCUT2D eigenvalue weighted by molar-refractivity contribution is 0.414. The second-order valence-corrected chi connectivity index (χ2v) is 2.34. The molecule has 0 heterocycles. The Morgan fingerprint density at radius 2 is 2.08 bits per heavy atom. The van der Waals surface area contributed by atoms with Gasteiger partial charge in [-0.25, -0.2) is 0 Å². The Labute approximate surface area is 73.0 Å². The Morgan fingerprint density at radius 1 is 1.33 bits per heavy atom. The highest BCUT2D eigenvalue weighted by Gasteiger charge is 1.94. The van der Waals surface area contributed by atoms with Gasteiger partial charge >= 0.3 is 0 Å². The van der Waals surface area contributed by atoms with Crippen molar-refractivity contribution in [1.82, 2.24) is 0 Å². The Hall–Kier alpha value is -1.46. The van der Waals surface area contributed by atoms with Crippen LogP contribution >= 0.6 is 0 Å². The number of allylic oxidation sites excluding steroid dienone is 1. The Kier molecular flexibility index (Phi) is 3.18. The molecule has 0 atom stereocenters. The summed E-state index contributed by atoms with van der Waals surface area (Å²) < 4.78 is 5.16. The van der Waals surface area contributed by atoms with E-state index < -0.39 is 0 Å². The van der Waals surface area contributed by atoms with Gasteiger partial charge in [-0.05, 0) is 25.1 Å². The molecular weight excluding hydrogens is 148 g/mol. The minimum atomic E-state index is 0.881. The van der Waals surface area contributed by atoms with Crippen LogP contribution in [0.15, 0.2) is 36.1 Å². The molecule has 0 spiro atoms. The summed E-state index contributed by atoms with van der Waals surface area (Å²) >= 11 is 0. The van der Waals surface area contributed by atoms with Crippen molar-refractivity contribution in [2.75, 3.05) is 7.11 Å². The molecule has 0 amide bonds. The van der Waals surface area contributed by atoms with Crippen molar-refractivity contribution in [2.45, 2.75) is 6.92 Å². The third-order valence-electron chi connectivity index (χ3n) is 1.54. The molecule has 0 saturated carbocycles. The summed E-state index contributed by atoms with van der Waals surface area (Å²) in [6, 6.07) is 7.86. The highest BCUT2D eigenvalue weighted by atomic mass is 16.5. The molecular formula is C11H12O. The molecule has 0 aliphatic carbocycles. The number of rotatable bonds is 2. The molecule has 0 unspecified atom stereocenters. The van der Waals surface area contributed by atoms with Crippen LogP contribution in [0, 0.1) is 0 Å². The minimum absolute atomic E-state index is 0.881. The van der Waals surface area contributed by atoms with Crippen molar-refractivity contribution in [3.05, 3.63) is 41.6 Å². The van der Waals surface area contributed by atoms with Gasteiger partial charge in [-0.3, -0.25) is 0 Å². The summed E-state index contributed by atoms with van der Waals surface area (Å²) in [5, 5.41) is 0. The van der Waals surface area contributed by atoms with E-state index in [9.17, 15) is 0 Å². The van der Waals surface area contributed by atoms with Crippen LogP contribution in [0.5, 0.6) is 5.75 Å². The van der Waals surface area contributed by atoms with Crippen LogP contribution in [0.4, 0.5) is 0 Å². The fourth-order valence-corrected chi connectivity index (χ4v) is 0.959. The van der Waals surface area contributed by atoms with Gasteiger partial charge in [-0.2, -0.15) is 0 Å². The quantitative estimate of drug-likeness (QED) is 0.604. The molecule has 1 aromatic rings. The van der Waals surface area contributed by atoms with Gasteiger partial charge in [-0.1, -0.05) is 18.2 Å². The molecule has 1 aromatic carbocycles. The largest absolute Gasteiger partial charge is 0.496 e. The molecule has 0 N–H and O–H groups in total. The number of para-hydroxylation sites is 1.